The average molecular weight is 570 g/mol. The highest BCUT2D eigenvalue weighted by Gasteiger charge is 2.73. The van der Waals surface area contributed by atoms with Crippen LogP contribution >= 0.6 is 31.9 Å². The number of hydrogen-bond donors (Lipinski definition) is 1. The lowest BCUT2D eigenvalue weighted by Crippen LogP contribution is -2.58. The molecule has 0 spiro atoms. The summed E-state index contributed by atoms with van der Waals surface area (Å²) >= 11 is 6.23. The van der Waals surface area contributed by atoms with Crippen molar-refractivity contribution < 1.29 is 39.9 Å². The molecule has 0 amide bonds. The zero-order chi connectivity index (χ0) is 22.7. The van der Waals surface area contributed by atoms with Gasteiger partial charge >= 0.3 is 18.1 Å². The summed E-state index contributed by atoms with van der Waals surface area (Å²) in [7, 11) is 0. The van der Waals surface area contributed by atoms with E-state index in [2.05, 4.69) is 37.0 Å². The summed E-state index contributed by atoms with van der Waals surface area (Å²) < 4.78 is 109. The predicted octanol–water partition coefficient (Wildman–Crippen LogP) is 6.64. The zero-order valence-corrected chi connectivity index (χ0v) is 17.6. The van der Waals surface area contributed by atoms with E-state index in [1.165, 1.54) is 30.3 Å². The number of nitrogens with one attached hydrogen (secondary N) is 1. The first kappa shape index (κ1) is 24.4. The molecule has 0 fully saturated rings. The number of hydrogen-bond acceptors (Lipinski definition) is 3. The van der Waals surface area contributed by atoms with Gasteiger partial charge in [-0.2, -0.15) is 35.8 Å². The van der Waals surface area contributed by atoms with Gasteiger partial charge in [-0.05, 0) is 34.1 Å². The van der Waals surface area contributed by atoms with Gasteiger partial charge in [0.15, 0.2) is 0 Å². The van der Waals surface area contributed by atoms with Gasteiger partial charge in [0.05, 0.1) is 10.7 Å². The molecule has 0 saturated carbocycles. The van der Waals surface area contributed by atoms with Crippen molar-refractivity contribution in [2.75, 3.05) is 0 Å². The van der Waals surface area contributed by atoms with Gasteiger partial charge < -0.3 is 4.74 Å². The maximum atomic E-state index is 13.7. The molecule has 30 heavy (non-hydrogen) atoms. The van der Waals surface area contributed by atoms with E-state index in [1.807, 2.05) is 0 Å². The van der Waals surface area contributed by atoms with E-state index in [4.69, 9.17) is 4.74 Å². The first-order chi connectivity index (χ1) is 13.8. The number of halogens is 10. The van der Waals surface area contributed by atoms with Gasteiger partial charge in [0, 0.05) is 15.6 Å². The lowest BCUT2D eigenvalue weighted by Gasteiger charge is -2.27. The van der Waals surface area contributed by atoms with Crippen molar-refractivity contribution in [3.63, 3.8) is 0 Å². The van der Waals surface area contributed by atoms with Crippen molar-refractivity contribution in [3.05, 3.63) is 62.3 Å². The summed E-state index contributed by atoms with van der Waals surface area (Å²) in [4.78, 5) is 0. The molecule has 0 saturated heterocycles. The van der Waals surface area contributed by atoms with E-state index in [0.29, 0.717) is 16.1 Å². The van der Waals surface area contributed by atoms with E-state index in [0.717, 1.165) is 0 Å². The van der Waals surface area contributed by atoms with Crippen LogP contribution in [-0.4, -0.2) is 24.4 Å². The van der Waals surface area contributed by atoms with Crippen LogP contribution in [0.15, 0.2) is 50.4 Å². The standard InChI is InChI=1S/C17H10Br2F8N2O/c18-11-5-10(7-28-29-17(26,27)15(21,22)16(23,24)25)14(12(19)6-11)30-8-9-3-1-2-4-13(9)20/h1-7,29H,8H2/b28-7-. The van der Waals surface area contributed by atoms with E-state index < -0.39 is 24.0 Å². The molecule has 0 aliphatic carbocycles. The van der Waals surface area contributed by atoms with Gasteiger partial charge in [-0.1, -0.05) is 34.1 Å². The van der Waals surface area contributed by atoms with Crippen LogP contribution in [0.1, 0.15) is 11.1 Å². The third-order valence-corrected chi connectivity index (χ3v) is 4.57. The fourth-order valence-corrected chi connectivity index (χ4v) is 3.40. The summed E-state index contributed by atoms with van der Waals surface area (Å²) in [6, 6.07) is 2.66. The van der Waals surface area contributed by atoms with Gasteiger partial charge in [-0.3, -0.25) is 0 Å². The number of benzene rings is 2. The number of alkyl halides is 7. The summed E-state index contributed by atoms with van der Waals surface area (Å²) in [5.41, 5.74) is 0.603. The first-order valence-electron chi connectivity index (χ1n) is 7.74. The Bertz CT molecular complexity index is 934. The lowest BCUT2D eigenvalue weighted by molar-refractivity contribution is -0.361. The predicted molar refractivity (Wildman–Crippen MR) is 99.3 cm³/mol. The Morgan fingerprint density at radius 2 is 1.63 bits per heavy atom. The smallest absolute Gasteiger partial charge is 0.462 e. The van der Waals surface area contributed by atoms with Crippen LogP contribution < -0.4 is 10.2 Å². The van der Waals surface area contributed by atoms with Gasteiger partial charge in [0.2, 0.25) is 0 Å². The van der Waals surface area contributed by atoms with E-state index in [1.54, 1.807) is 6.07 Å². The maximum absolute atomic E-state index is 13.7. The van der Waals surface area contributed by atoms with E-state index in [-0.39, 0.29) is 28.0 Å². The Morgan fingerprint density at radius 1 is 1.00 bits per heavy atom. The topological polar surface area (TPSA) is 33.6 Å². The average Bonchev–Trinajstić information content (AvgIpc) is 2.61. The van der Waals surface area contributed by atoms with Gasteiger partial charge in [0.1, 0.15) is 18.2 Å². The fourth-order valence-electron chi connectivity index (χ4n) is 2.02. The van der Waals surface area contributed by atoms with Crippen LogP contribution in [0.3, 0.4) is 0 Å². The summed E-state index contributed by atoms with van der Waals surface area (Å²) in [6.45, 7) is -0.288. The molecule has 3 nitrogen and oxygen atoms in total. The third kappa shape index (κ3) is 5.42. The minimum Gasteiger partial charge on any atom is -0.487 e. The highest BCUT2D eigenvalue weighted by Crippen LogP contribution is 2.45. The van der Waals surface area contributed by atoms with Crippen molar-refractivity contribution in [1.82, 2.24) is 5.43 Å². The maximum Gasteiger partial charge on any atom is 0.462 e. The highest BCUT2D eigenvalue weighted by molar-refractivity contribution is 9.11. The molecule has 0 aliphatic heterocycles. The normalized spacial score (nSPS) is 13.0. The largest absolute Gasteiger partial charge is 0.487 e. The van der Waals surface area contributed by atoms with Crippen molar-refractivity contribution in [1.29, 1.82) is 0 Å². The molecule has 2 aromatic rings. The second-order valence-electron chi connectivity index (χ2n) is 5.70. The molecule has 0 radical (unpaired) electrons. The second-order valence-corrected chi connectivity index (χ2v) is 7.47. The minimum absolute atomic E-state index is 0.0436. The number of hydrazone groups is 1. The third-order valence-electron chi connectivity index (χ3n) is 3.53. The molecule has 1 N–H and O–H groups in total. The summed E-state index contributed by atoms with van der Waals surface area (Å²) in [6.07, 6.45) is -5.93. The summed E-state index contributed by atoms with van der Waals surface area (Å²) in [5, 5.41) is 2.81. The number of nitrogens with zero attached hydrogens (tertiary/aromatic N) is 1. The monoisotopic (exact) mass is 568 g/mol. The first-order valence-corrected chi connectivity index (χ1v) is 9.32. The van der Waals surface area contributed by atoms with Crippen molar-refractivity contribution >= 4 is 38.1 Å². The van der Waals surface area contributed by atoms with Crippen LogP contribution in [0.2, 0.25) is 0 Å². The molecule has 0 heterocycles. The quantitative estimate of drug-likeness (QED) is 0.175. The van der Waals surface area contributed by atoms with E-state index >= 15 is 0 Å². The van der Waals surface area contributed by atoms with Crippen LogP contribution in [0.5, 0.6) is 5.75 Å². The Balaban J connectivity index is 2.26. The van der Waals surface area contributed by atoms with Crippen molar-refractivity contribution in [2.45, 2.75) is 24.8 Å². The molecular formula is C17H10Br2F8N2O. The number of ether oxygens (including phenoxy) is 1. The Kier molecular flexibility index (Phi) is 7.38. The Hall–Kier alpha value is -1.89. The fraction of sp³-hybridized carbons (Fsp3) is 0.235. The molecule has 0 atom stereocenters. The van der Waals surface area contributed by atoms with Crippen LogP contribution in [0.25, 0.3) is 0 Å². The molecule has 2 aromatic carbocycles. The van der Waals surface area contributed by atoms with Gasteiger partial charge in [0.25, 0.3) is 0 Å². The summed E-state index contributed by atoms with van der Waals surface area (Å²) in [5.74, 6) is -6.98. The SMILES string of the molecule is Fc1ccccc1COc1c(Br)cc(Br)cc1/C=N\NC(F)(F)C(F)(F)C(F)(F)F. The molecule has 0 unspecified atom stereocenters. The van der Waals surface area contributed by atoms with Crippen molar-refractivity contribution in [3.8, 4) is 5.75 Å². The molecular weight excluding hydrogens is 560 g/mol. The van der Waals surface area contributed by atoms with Crippen LogP contribution in [-0.2, 0) is 6.61 Å². The van der Waals surface area contributed by atoms with Gasteiger partial charge in [-0.25, -0.2) is 9.82 Å². The highest BCUT2D eigenvalue weighted by atomic mass is 79.9. The van der Waals surface area contributed by atoms with E-state index in [9.17, 15) is 35.1 Å². The molecule has 0 bridgehead atoms. The molecule has 164 valence electrons. The van der Waals surface area contributed by atoms with Crippen LogP contribution in [0, 0.1) is 5.82 Å². The van der Waals surface area contributed by atoms with Crippen molar-refractivity contribution in [2.24, 2.45) is 5.10 Å². The number of rotatable bonds is 7. The lowest BCUT2D eigenvalue weighted by atomic mass is 10.2. The zero-order valence-electron chi connectivity index (χ0n) is 14.4. The molecule has 2 rings (SSSR count). The van der Waals surface area contributed by atoms with Crippen LogP contribution in [0.4, 0.5) is 35.1 Å². The van der Waals surface area contributed by atoms with Gasteiger partial charge in [-0.15, -0.1) is 0 Å². The Labute approximate surface area is 181 Å². The molecule has 0 aromatic heterocycles. The second kappa shape index (κ2) is 9.08. The molecule has 0 aliphatic rings. The molecule has 13 heteroatoms. The minimum atomic E-state index is -6.49. The Morgan fingerprint density at radius 3 is 2.23 bits per heavy atom.